The summed E-state index contributed by atoms with van der Waals surface area (Å²) in [6, 6.07) is 3.08. The molecule has 1 unspecified atom stereocenters. The molecular formula is C21H21FN4O6S. The number of fused-ring (bicyclic) bond motifs is 1. The van der Waals surface area contributed by atoms with Gasteiger partial charge < -0.3 is 14.2 Å². The molecule has 1 aromatic heterocycles. The van der Waals surface area contributed by atoms with Crippen molar-refractivity contribution in [2.45, 2.75) is 30.3 Å². The van der Waals surface area contributed by atoms with E-state index in [1.165, 1.54) is 33.9 Å². The van der Waals surface area contributed by atoms with Gasteiger partial charge in [-0.1, -0.05) is 0 Å². The molecule has 174 valence electrons. The van der Waals surface area contributed by atoms with Gasteiger partial charge in [-0.05, 0) is 24.6 Å². The summed E-state index contributed by atoms with van der Waals surface area (Å²) in [5.74, 6) is -1.96. The molecule has 0 radical (unpaired) electrons. The van der Waals surface area contributed by atoms with Gasteiger partial charge in [-0.3, -0.25) is 19.7 Å². The number of sulfonamides is 1. The fourth-order valence-corrected chi connectivity index (χ4v) is 5.95. The number of halogens is 1. The molecule has 12 heteroatoms. The number of imide groups is 1. The highest BCUT2D eigenvalue weighted by molar-refractivity contribution is 7.89. The smallest absolute Gasteiger partial charge is 0.255 e. The van der Waals surface area contributed by atoms with E-state index in [0.29, 0.717) is 24.3 Å². The van der Waals surface area contributed by atoms with Crippen LogP contribution in [-0.4, -0.2) is 67.6 Å². The SMILES string of the molecule is O=C1CCC(N2Cc3c(cc(F)cc3N3CCN(S(=O)(=O)c4ccoc4)CC3)C2=O)C(=O)N1. The summed E-state index contributed by atoms with van der Waals surface area (Å²) in [4.78, 5) is 40.1. The van der Waals surface area contributed by atoms with Gasteiger partial charge in [0.05, 0.1) is 6.26 Å². The Morgan fingerprint density at radius 3 is 2.52 bits per heavy atom. The van der Waals surface area contributed by atoms with Crippen molar-refractivity contribution in [1.29, 1.82) is 0 Å². The highest BCUT2D eigenvalue weighted by Gasteiger charge is 2.41. The maximum Gasteiger partial charge on any atom is 0.255 e. The second kappa shape index (κ2) is 7.96. The normalized spacial score (nSPS) is 22.0. The standard InChI is InChI=1S/C21H21FN4O6S/c22-13-9-15-16(11-26(21(15)29)17-1-2-19(27)23-20(17)28)18(10-13)24-4-6-25(7-5-24)33(30,31)14-3-8-32-12-14/h3,8-10,12,17H,1-2,4-7,11H2,(H,23,27,28). The quantitative estimate of drug-likeness (QED) is 0.645. The van der Waals surface area contributed by atoms with Crippen molar-refractivity contribution < 1.29 is 31.6 Å². The van der Waals surface area contributed by atoms with Gasteiger partial charge in [0.2, 0.25) is 21.8 Å². The topological polar surface area (TPSA) is 120 Å². The van der Waals surface area contributed by atoms with Crippen molar-refractivity contribution in [2.75, 3.05) is 31.1 Å². The van der Waals surface area contributed by atoms with Crippen molar-refractivity contribution in [3.63, 3.8) is 0 Å². The molecule has 2 saturated heterocycles. The maximum atomic E-state index is 14.5. The Labute approximate surface area is 189 Å². The minimum atomic E-state index is -3.68. The van der Waals surface area contributed by atoms with E-state index in [1.807, 2.05) is 4.90 Å². The summed E-state index contributed by atoms with van der Waals surface area (Å²) in [5, 5.41) is 2.25. The number of piperazine rings is 1. The molecule has 3 amide bonds. The largest absolute Gasteiger partial charge is 0.471 e. The third-order valence-corrected chi connectivity index (χ3v) is 8.18. The van der Waals surface area contributed by atoms with E-state index in [-0.39, 0.29) is 48.8 Å². The number of hydrogen-bond acceptors (Lipinski definition) is 7. The summed E-state index contributed by atoms with van der Waals surface area (Å²) in [5.41, 5.74) is 1.29. The molecule has 10 nitrogen and oxygen atoms in total. The highest BCUT2D eigenvalue weighted by Crippen LogP contribution is 2.36. The average molecular weight is 476 g/mol. The molecule has 0 saturated carbocycles. The number of hydrogen-bond donors (Lipinski definition) is 1. The lowest BCUT2D eigenvalue weighted by molar-refractivity contribution is -0.136. The Morgan fingerprint density at radius 2 is 1.85 bits per heavy atom. The molecule has 4 heterocycles. The third kappa shape index (κ3) is 3.68. The van der Waals surface area contributed by atoms with Crippen LogP contribution in [0.4, 0.5) is 10.1 Å². The Hall–Kier alpha value is -3.25. The molecule has 5 rings (SSSR count). The second-order valence-electron chi connectivity index (χ2n) is 8.20. The van der Waals surface area contributed by atoms with E-state index in [1.54, 1.807) is 0 Å². The second-order valence-corrected chi connectivity index (χ2v) is 10.1. The van der Waals surface area contributed by atoms with Gasteiger partial charge >= 0.3 is 0 Å². The van der Waals surface area contributed by atoms with Crippen LogP contribution in [0.3, 0.4) is 0 Å². The highest BCUT2D eigenvalue weighted by atomic mass is 32.2. The first-order valence-corrected chi connectivity index (χ1v) is 11.9. The zero-order valence-electron chi connectivity index (χ0n) is 17.5. The number of rotatable bonds is 4. The predicted molar refractivity (Wildman–Crippen MR) is 112 cm³/mol. The molecule has 1 atom stereocenters. The fourth-order valence-electron chi connectivity index (χ4n) is 4.61. The van der Waals surface area contributed by atoms with Crippen molar-refractivity contribution in [3.05, 3.63) is 47.7 Å². The van der Waals surface area contributed by atoms with E-state index in [4.69, 9.17) is 4.42 Å². The van der Waals surface area contributed by atoms with Crippen molar-refractivity contribution in [2.24, 2.45) is 0 Å². The van der Waals surface area contributed by atoms with Gasteiger partial charge in [-0.15, -0.1) is 0 Å². The molecule has 3 aliphatic rings. The van der Waals surface area contributed by atoms with E-state index in [0.717, 1.165) is 6.07 Å². The monoisotopic (exact) mass is 476 g/mol. The first-order valence-electron chi connectivity index (χ1n) is 10.5. The lowest BCUT2D eigenvalue weighted by Crippen LogP contribution is -2.52. The number of nitrogens with zero attached hydrogens (tertiary/aromatic N) is 3. The number of anilines is 1. The van der Waals surface area contributed by atoms with Gasteiger partial charge in [-0.25, -0.2) is 12.8 Å². The van der Waals surface area contributed by atoms with Crippen molar-refractivity contribution >= 4 is 33.4 Å². The maximum absolute atomic E-state index is 14.5. The fraction of sp³-hybridized carbons (Fsp3) is 0.381. The van der Waals surface area contributed by atoms with Crippen LogP contribution in [0.1, 0.15) is 28.8 Å². The van der Waals surface area contributed by atoms with Gasteiger partial charge in [0.25, 0.3) is 5.91 Å². The van der Waals surface area contributed by atoms with Gasteiger partial charge in [0, 0.05) is 56.0 Å². The molecule has 0 bridgehead atoms. The number of carbonyl (C=O) groups excluding carboxylic acids is 3. The predicted octanol–water partition coefficient (Wildman–Crippen LogP) is 0.691. The van der Waals surface area contributed by atoms with E-state index < -0.39 is 33.7 Å². The van der Waals surface area contributed by atoms with E-state index in [2.05, 4.69) is 5.32 Å². The minimum absolute atomic E-state index is 0.0769. The molecule has 1 N–H and O–H groups in total. The first kappa shape index (κ1) is 21.6. The van der Waals surface area contributed by atoms with E-state index in [9.17, 15) is 27.2 Å². The molecular weight excluding hydrogens is 455 g/mol. The summed E-state index contributed by atoms with van der Waals surface area (Å²) in [6.07, 6.45) is 2.82. The third-order valence-electron chi connectivity index (χ3n) is 6.31. The number of carbonyl (C=O) groups is 3. The number of benzene rings is 1. The number of furan rings is 1. The summed E-state index contributed by atoms with van der Waals surface area (Å²) < 4.78 is 46.1. The van der Waals surface area contributed by atoms with Crippen LogP contribution in [0.5, 0.6) is 0 Å². The van der Waals surface area contributed by atoms with Crippen LogP contribution >= 0.6 is 0 Å². The Kier molecular flexibility index (Phi) is 5.20. The molecule has 3 aliphatic heterocycles. The average Bonchev–Trinajstić information content (AvgIpc) is 3.43. The van der Waals surface area contributed by atoms with Crippen LogP contribution < -0.4 is 10.2 Å². The minimum Gasteiger partial charge on any atom is -0.471 e. The van der Waals surface area contributed by atoms with Gasteiger partial charge in [-0.2, -0.15) is 4.31 Å². The number of piperidine rings is 1. The number of nitrogens with one attached hydrogen (secondary N) is 1. The van der Waals surface area contributed by atoms with Crippen LogP contribution in [-0.2, 0) is 26.2 Å². The summed E-state index contributed by atoms with van der Waals surface area (Å²) in [6.45, 7) is 1.09. The molecule has 2 aromatic rings. The van der Waals surface area contributed by atoms with Crippen LogP contribution in [0.2, 0.25) is 0 Å². The Bertz CT molecular complexity index is 1240. The zero-order valence-corrected chi connectivity index (χ0v) is 18.3. The molecule has 33 heavy (non-hydrogen) atoms. The van der Waals surface area contributed by atoms with Crippen LogP contribution in [0.15, 0.2) is 40.0 Å². The van der Waals surface area contributed by atoms with Crippen LogP contribution in [0, 0.1) is 5.82 Å². The summed E-state index contributed by atoms with van der Waals surface area (Å²) >= 11 is 0. The molecule has 1 aromatic carbocycles. The van der Waals surface area contributed by atoms with Gasteiger partial charge in [0.15, 0.2) is 0 Å². The van der Waals surface area contributed by atoms with Crippen molar-refractivity contribution in [3.8, 4) is 0 Å². The Morgan fingerprint density at radius 1 is 1.09 bits per heavy atom. The van der Waals surface area contributed by atoms with Gasteiger partial charge in [0.1, 0.15) is 23.0 Å². The summed E-state index contributed by atoms with van der Waals surface area (Å²) in [7, 11) is -3.68. The lowest BCUT2D eigenvalue weighted by Gasteiger charge is -2.36. The van der Waals surface area contributed by atoms with Crippen molar-refractivity contribution in [1.82, 2.24) is 14.5 Å². The zero-order chi connectivity index (χ0) is 23.3. The van der Waals surface area contributed by atoms with E-state index >= 15 is 0 Å². The molecule has 0 aliphatic carbocycles. The number of amides is 3. The molecule has 2 fully saturated rings. The molecule has 0 spiro atoms. The Balaban J connectivity index is 1.37. The first-order chi connectivity index (χ1) is 15.8. The van der Waals surface area contributed by atoms with Crippen LogP contribution in [0.25, 0.3) is 0 Å². The lowest BCUT2D eigenvalue weighted by atomic mass is 10.0.